The molecule has 0 radical (unpaired) electrons. The zero-order valence-electron chi connectivity index (χ0n) is 10.9. The van der Waals surface area contributed by atoms with E-state index in [9.17, 15) is 4.79 Å². The lowest BCUT2D eigenvalue weighted by molar-refractivity contribution is -0.125. The molecule has 1 heterocycles. The van der Waals surface area contributed by atoms with Crippen molar-refractivity contribution in [3.8, 4) is 0 Å². The van der Waals surface area contributed by atoms with Crippen LogP contribution in [0.4, 0.5) is 5.69 Å². The summed E-state index contributed by atoms with van der Waals surface area (Å²) in [7, 11) is 1.71. The molecule has 1 aliphatic rings. The number of nitrogens with one attached hydrogen (secondary N) is 1. The first-order chi connectivity index (χ1) is 8.69. The van der Waals surface area contributed by atoms with Crippen molar-refractivity contribution in [1.82, 2.24) is 10.2 Å². The van der Waals surface area contributed by atoms with Crippen LogP contribution in [0.25, 0.3) is 0 Å². The number of benzene rings is 1. The molecule has 1 amide bonds. The van der Waals surface area contributed by atoms with Gasteiger partial charge in [0.05, 0.1) is 0 Å². The van der Waals surface area contributed by atoms with Crippen molar-refractivity contribution in [2.75, 3.05) is 25.9 Å². The number of likely N-dealkylation sites (tertiary alicyclic amines) is 1. The van der Waals surface area contributed by atoms with E-state index < -0.39 is 0 Å². The van der Waals surface area contributed by atoms with E-state index in [0.717, 1.165) is 38.2 Å². The third kappa shape index (κ3) is 3.23. The van der Waals surface area contributed by atoms with E-state index in [-0.39, 0.29) is 11.8 Å². The molecule has 0 aromatic heterocycles. The highest BCUT2D eigenvalue weighted by Gasteiger charge is 2.23. The first kappa shape index (κ1) is 12.9. The molecule has 0 unspecified atom stereocenters. The number of hydrogen-bond donors (Lipinski definition) is 2. The summed E-state index contributed by atoms with van der Waals surface area (Å²) < 4.78 is 0. The van der Waals surface area contributed by atoms with Gasteiger partial charge in [-0.3, -0.25) is 9.69 Å². The number of nitrogen functional groups attached to an aromatic ring is 1. The molecular weight excluding hydrogens is 226 g/mol. The second-order valence-electron chi connectivity index (χ2n) is 4.91. The predicted octanol–water partition coefficient (Wildman–Crippen LogP) is 1.23. The fourth-order valence-electron chi connectivity index (χ4n) is 2.51. The Hall–Kier alpha value is -1.55. The monoisotopic (exact) mass is 247 g/mol. The van der Waals surface area contributed by atoms with E-state index in [1.165, 1.54) is 5.56 Å². The smallest absolute Gasteiger partial charge is 0.222 e. The minimum absolute atomic E-state index is 0.179. The van der Waals surface area contributed by atoms with E-state index in [1.54, 1.807) is 7.05 Å². The summed E-state index contributed by atoms with van der Waals surface area (Å²) in [6.07, 6.45) is 1.89. The molecule has 1 fully saturated rings. The first-order valence-corrected chi connectivity index (χ1v) is 6.47. The van der Waals surface area contributed by atoms with Crippen LogP contribution in [0.1, 0.15) is 18.4 Å². The number of rotatable bonds is 3. The molecule has 0 atom stereocenters. The van der Waals surface area contributed by atoms with Gasteiger partial charge >= 0.3 is 0 Å². The lowest BCUT2D eigenvalue weighted by atomic mass is 9.95. The Labute approximate surface area is 108 Å². The van der Waals surface area contributed by atoms with E-state index in [1.807, 2.05) is 18.2 Å². The highest BCUT2D eigenvalue weighted by Crippen LogP contribution is 2.19. The number of hydrogen-bond acceptors (Lipinski definition) is 3. The molecule has 1 aromatic carbocycles. The van der Waals surface area contributed by atoms with Crippen LogP contribution in [0.3, 0.4) is 0 Å². The molecule has 1 aromatic rings. The molecule has 98 valence electrons. The van der Waals surface area contributed by atoms with E-state index in [0.29, 0.717) is 0 Å². The molecule has 1 saturated heterocycles. The average molecular weight is 247 g/mol. The van der Waals surface area contributed by atoms with Crippen molar-refractivity contribution in [3.05, 3.63) is 29.8 Å². The van der Waals surface area contributed by atoms with Gasteiger partial charge in [-0.2, -0.15) is 0 Å². The minimum atomic E-state index is 0.179. The summed E-state index contributed by atoms with van der Waals surface area (Å²) in [5, 5.41) is 2.73. The molecule has 3 N–H and O–H groups in total. The normalized spacial score (nSPS) is 17.6. The Kier molecular flexibility index (Phi) is 4.20. The highest BCUT2D eigenvalue weighted by molar-refractivity contribution is 5.78. The third-order valence-corrected chi connectivity index (χ3v) is 3.56. The summed E-state index contributed by atoms with van der Waals surface area (Å²) in [4.78, 5) is 13.9. The molecule has 0 bridgehead atoms. The number of amides is 1. The van der Waals surface area contributed by atoms with Gasteiger partial charge in [-0.05, 0) is 43.6 Å². The number of carbonyl (C=O) groups excluding carboxylic acids is 1. The first-order valence-electron chi connectivity index (χ1n) is 6.47. The quantitative estimate of drug-likeness (QED) is 0.790. The number of anilines is 1. The number of nitrogens with two attached hydrogens (primary N) is 1. The van der Waals surface area contributed by atoms with Crippen molar-refractivity contribution in [2.24, 2.45) is 5.92 Å². The average Bonchev–Trinajstić information content (AvgIpc) is 2.39. The molecule has 1 aliphatic heterocycles. The molecular formula is C14H21N3O. The van der Waals surface area contributed by atoms with Crippen LogP contribution in [0.2, 0.25) is 0 Å². The maximum Gasteiger partial charge on any atom is 0.222 e. The van der Waals surface area contributed by atoms with Gasteiger partial charge in [-0.15, -0.1) is 0 Å². The van der Waals surface area contributed by atoms with E-state index >= 15 is 0 Å². The number of nitrogens with zero attached hydrogens (tertiary/aromatic N) is 1. The second kappa shape index (κ2) is 5.87. The highest BCUT2D eigenvalue weighted by atomic mass is 16.1. The van der Waals surface area contributed by atoms with Gasteiger partial charge in [0.1, 0.15) is 0 Å². The maximum atomic E-state index is 11.5. The van der Waals surface area contributed by atoms with Crippen LogP contribution in [0.5, 0.6) is 0 Å². The van der Waals surface area contributed by atoms with Gasteiger partial charge in [0.15, 0.2) is 0 Å². The van der Waals surface area contributed by atoms with Crippen molar-refractivity contribution in [1.29, 1.82) is 0 Å². The van der Waals surface area contributed by atoms with Gasteiger partial charge in [-0.25, -0.2) is 0 Å². The van der Waals surface area contributed by atoms with Crippen molar-refractivity contribution in [2.45, 2.75) is 19.4 Å². The molecule has 4 heteroatoms. The topological polar surface area (TPSA) is 58.4 Å². The summed E-state index contributed by atoms with van der Waals surface area (Å²) in [5.74, 6) is 0.366. The molecule has 0 aliphatic carbocycles. The lowest BCUT2D eigenvalue weighted by Crippen LogP contribution is -2.39. The summed E-state index contributed by atoms with van der Waals surface area (Å²) in [5.41, 5.74) is 7.83. The zero-order chi connectivity index (χ0) is 13.0. The Bertz CT molecular complexity index is 411. The minimum Gasteiger partial charge on any atom is -0.399 e. The van der Waals surface area contributed by atoms with E-state index in [4.69, 9.17) is 5.73 Å². The predicted molar refractivity (Wildman–Crippen MR) is 72.9 cm³/mol. The largest absolute Gasteiger partial charge is 0.399 e. The Balaban J connectivity index is 1.85. The Morgan fingerprint density at radius 2 is 2.17 bits per heavy atom. The fraction of sp³-hybridized carbons (Fsp3) is 0.500. The lowest BCUT2D eigenvalue weighted by Gasteiger charge is -2.31. The van der Waals surface area contributed by atoms with Gasteiger partial charge in [-0.1, -0.05) is 12.1 Å². The molecule has 0 spiro atoms. The van der Waals surface area contributed by atoms with Gasteiger partial charge in [0.2, 0.25) is 5.91 Å². The fourth-order valence-corrected chi connectivity index (χ4v) is 2.51. The van der Waals surface area contributed by atoms with Crippen molar-refractivity contribution in [3.63, 3.8) is 0 Å². The number of carbonyl (C=O) groups is 1. The van der Waals surface area contributed by atoms with Crippen LogP contribution >= 0.6 is 0 Å². The Morgan fingerprint density at radius 3 is 2.78 bits per heavy atom. The van der Waals surface area contributed by atoms with Crippen LogP contribution in [-0.4, -0.2) is 30.9 Å². The molecule has 0 saturated carbocycles. The molecule has 18 heavy (non-hydrogen) atoms. The van der Waals surface area contributed by atoms with Crippen LogP contribution in [0, 0.1) is 5.92 Å². The standard InChI is InChI=1S/C14H21N3O/c1-16-14(18)12-5-7-17(8-6-12)10-11-3-2-4-13(15)9-11/h2-4,9,12H,5-8,10,15H2,1H3,(H,16,18). The van der Waals surface area contributed by atoms with Gasteiger partial charge in [0, 0.05) is 25.2 Å². The molecule has 4 nitrogen and oxygen atoms in total. The van der Waals surface area contributed by atoms with Gasteiger partial charge in [0.25, 0.3) is 0 Å². The zero-order valence-corrected chi connectivity index (χ0v) is 10.9. The van der Waals surface area contributed by atoms with Gasteiger partial charge < -0.3 is 11.1 Å². The van der Waals surface area contributed by atoms with Crippen LogP contribution < -0.4 is 11.1 Å². The van der Waals surface area contributed by atoms with Crippen LogP contribution in [-0.2, 0) is 11.3 Å². The number of piperidine rings is 1. The molecule has 2 rings (SSSR count). The third-order valence-electron chi connectivity index (χ3n) is 3.56. The SMILES string of the molecule is CNC(=O)C1CCN(Cc2cccc(N)c2)CC1. The summed E-state index contributed by atoms with van der Waals surface area (Å²) in [6, 6.07) is 8.01. The Morgan fingerprint density at radius 1 is 1.44 bits per heavy atom. The van der Waals surface area contributed by atoms with Crippen LogP contribution in [0.15, 0.2) is 24.3 Å². The maximum absolute atomic E-state index is 11.5. The van der Waals surface area contributed by atoms with E-state index in [2.05, 4.69) is 16.3 Å². The second-order valence-corrected chi connectivity index (χ2v) is 4.91. The summed E-state index contributed by atoms with van der Waals surface area (Å²) >= 11 is 0. The van der Waals surface area contributed by atoms with Crippen molar-refractivity contribution < 1.29 is 4.79 Å². The summed E-state index contributed by atoms with van der Waals surface area (Å²) in [6.45, 7) is 2.88. The van der Waals surface area contributed by atoms with Crippen molar-refractivity contribution >= 4 is 11.6 Å².